The Morgan fingerprint density at radius 3 is 2.48 bits per heavy atom. The van der Waals surface area contributed by atoms with E-state index in [1.807, 2.05) is 31.1 Å². The van der Waals surface area contributed by atoms with Gasteiger partial charge in [-0.2, -0.15) is 22.5 Å². The quantitative estimate of drug-likeness (QED) is 0.727. The molecule has 140 valence electrons. The van der Waals surface area contributed by atoms with E-state index in [0.717, 1.165) is 41.5 Å². The number of hydrogen-bond donors (Lipinski definition) is 1. The molecule has 0 spiro atoms. The highest BCUT2D eigenvalue weighted by Gasteiger charge is 2.30. The molecule has 0 atom stereocenters. The van der Waals surface area contributed by atoms with Gasteiger partial charge in [0.05, 0.1) is 5.56 Å². The van der Waals surface area contributed by atoms with Crippen LogP contribution in [0.5, 0.6) is 0 Å². The predicted molar refractivity (Wildman–Crippen MR) is 96.9 cm³/mol. The molecule has 1 aromatic carbocycles. The second kappa shape index (κ2) is 7.31. The summed E-state index contributed by atoms with van der Waals surface area (Å²) in [5.41, 5.74) is 0.745. The van der Waals surface area contributed by atoms with Crippen LogP contribution in [0.3, 0.4) is 0 Å². The molecule has 0 unspecified atom stereocenters. The standard InChI is InChI=1S/C17H14F3N5OS/c1-25(2)12-7-8-21-13(9-12)14-22-16(27-24-14)23-15(26)10-3-5-11(6-4-10)17(18,19)20/h3-9H,1-2H3,(H,22,23,24,26). The molecule has 0 aliphatic rings. The number of rotatable bonds is 4. The maximum Gasteiger partial charge on any atom is 0.416 e. The Hall–Kier alpha value is -3.01. The first-order valence-electron chi connectivity index (χ1n) is 7.70. The van der Waals surface area contributed by atoms with E-state index in [2.05, 4.69) is 19.7 Å². The molecule has 0 saturated heterocycles. The van der Waals surface area contributed by atoms with Gasteiger partial charge in [0, 0.05) is 43.1 Å². The van der Waals surface area contributed by atoms with Gasteiger partial charge in [-0.3, -0.25) is 15.1 Å². The summed E-state index contributed by atoms with van der Waals surface area (Å²) in [6.45, 7) is 0. The summed E-state index contributed by atoms with van der Waals surface area (Å²) in [4.78, 5) is 22.5. The number of anilines is 2. The third kappa shape index (κ3) is 4.40. The number of carbonyl (C=O) groups excluding carboxylic acids is 1. The van der Waals surface area contributed by atoms with Crippen molar-refractivity contribution in [2.24, 2.45) is 0 Å². The third-order valence-corrected chi connectivity index (χ3v) is 4.24. The van der Waals surface area contributed by atoms with Crippen molar-refractivity contribution in [3.8, 4) is 11.5 Å². The zero-order chi connectivity index (χ0) is 19.6. The SMILES string of the molecule is CN(C)c1ccnc(-c2nsc(NC(=O)c3ccc(C(F)(F)F)cc3)n2)c1. The number of hydrogen-bond acceptors (Lipinski definition) is 6. The number of halogens is 3. The van der Waals surface area contributed by atoms with Crippen LogP contribution in [-0.4, -0.2) is 34.3 Å². The van der Waals surface area contributed by atoms with E-state index in [-0.39, 0.29) is 10.7 Å². The van der Waals surface area contributed by atoms with Gasteiger partial charge in [0.2, 0.25) is 5.13 Å². The summed E-state index contributed by atoms with van der Waals surface area (Å²) in [6, 6.07) is 7.59. The first kappa shape index (κ1) is 18.8. The number of amides is 1. The van der Waals surface area contributed by atoms with Crippen LogP contribution < -0.4 is 10.2 Å². The highest BCUT2D eigenvalue weighted by atomic mass is 32.1. The average molecular weight is 393 g/mol. The topological polar surface area (TPSA) is 71.0 Å². The molecular formula is C17H14F3N5OS. The van der Waals surface area contributed by atoms with E-state index in [1.54, 1.807) is 6.20 Å². The minimum absolute atomic E-state index is 0.0903. The molecule has 10 heteroatoms. The number of nitrogens with zero attached hydrogens (tertiary/aromatic N) is 4. The van der Waals surface area contributed by atoms with Crippen LogP contribution in [0.2, 0.25) is 0 Å². The van der Waals surface area contributed by atoms with Gasteiger partial charge in [0.1, 0.15) is 5.69 Å². The molecule has 1 N–H and O–H groups in total. The minimum Gasteiger partial charge on any atom is -0.378 e. The Morgan fingerprint density at radius 2 is 1.85 bits per heavy atom. The summed E-state index contributed by atoms with van der Waals surface area (Å²) in [6.07, 6.45) is -2.82. The lowest BCUT2D eigenvalue weighted by molar-refractivity contribution is -0.137. The van der Waals surface area contributed by atoms with E-state index in [9.17, 15) is 18.0 Å². The molecule has 2 heterocycles. The fourth-order valence-electron chi connectivity index (χ4n) is 2.18. The van der Waals surface area contributed by atoms with E-state index >= 15 is 0 Å². The van der Waals surface area contributed by atoms with Gasteiger partial charge < -0.3 is 4.90 Å². The Morgan fingerprint density at radius 1 is 1.15 bits per heavy atom. The molecule has 0 aliphatic carbocycles. The lowest BCUT2D eigenvalue weighted by atomic mass is 10.1. The molecule has 0 bridgehead atoms. The largest absolute Gasteiger partial charge is 0.416 e. The fourth-order valence-corrected chi connectivity index (χ4v) is 2.75. The average Bonchev–Trinajstić information content (AvgIpc) is 3.09. The van der Waals surface area contributed by atoms with Crippen molar-refractivity contribution in [3.05, 3.63) is 53.7 Å². The summed E-state index contributed by atoms with van der Waals surface area (Å²) < 4.78 is 41.9. The monoisotopic (exact) mass is 393 g/mol. The second-order valence-electron chi connectivity index (χ2n) is 5.75. The number of benzene rings is 1. The van der Waals surface area contributed by atoms with Gasteiger partial charge in [0.15, 0.2) is 5.82 Å². The van der Waals surface area contributed by atoms with Gasteiger partial charge in [-0.25, -0.2) is 0 Å². The van der Waals surface area contributed by atoms with Crippen molar-refractivity contribution >= 4 is 28.3 Å². The smallest absolute Gasteiger partial charge is 0.378 e. The Kier molecular flexibility index (Phi) is 5.08. The first-order chi connectivity index (χ1) is 12.7. The zero-order valence-electron chi connectivity index (χ0n) is 14.3. The maximum atomic E-state index is 12.6. The van der Waals surface area contributed by atoms with Crippen LogP contribution in [0.25, 0.3) is 11.5 Å². The molecule has 0 saturated carbocycles. The molecule has 3 aromatic rings. The lowest BCUT2D eigenvalue weighted by Crippen LogP contribution is -2.12. The number of alkyl halides is 3. The number of pyridine rings is 1. The van der Waals surface area contributed by atoms with Crippen molar-refractivity contribution in [1.82, 2.24) is 14.3 Å². The normalized spacial score (nSPS) is 11.3. The van der Waals surface area contributed by atoms with E-state index < -0.39 is 17.6 Å². The fraction of sp³-hybridized carbons (Fsp3) is 0.176. The van der Waals surface area contributed by atoms with Gasteiger partial charge in [-0.1, -0.05) is 0 Å². The molecular weight excluding hydrogens is 379 g/mol. The van der Waals surface area contributed by atoms with Gasteiger partial charge in [-0.05, 0) is 36.4 Å². The van der Waals surface area contributed by atoms with Crippen LogP contribution in [0, 0.1) is 0 Å². The van der Waals surface area contributed by atoms with Crippen LogP contribution in [-0.2, 0) is 6.18 Å². The zero-order valence-corrected chi connectivity index (χ0v) is 15.1. The minimum atomic E-state index is -4.45. The van der Waals surface area contributed by atoms with Crippen molar-refractivity contribution < 1.29 is 18.0 Å². The molecule has 2 aromatic heterocycles. The first-order valence-corrected chi connectivity index (χ1v) is 8.47. The Balaban J connectivity index is 1.74. The number of aromatic nitrogens is 3. The number of carbonyl (C=O) groups is 1. The van der Waals surface area contributed by atoms with E-state index in [4.69, 9.17) is 0 Å². The van der Waals surface area contributed by atoms with E-state index in [1.165, 1.54) is 0 Å². The van der Waals surface area contributed by atoms with Gasteiger partial charge in [0.25, 0.3) is 5.91 Å². The molecule has 1 amide bonds. The number of nitrogens with one attached hydrogen (secondary N) is 1. The van der Waals surface area contributed by atoms with E-state index in [0.29, 0.717) is 11.5 Å². The summed E-state index contributed by atoms with van der Waals surface area (Å²) >= 11 is 0.962. The highest BCUT2D eigenvalue weighted by molar-refractivity contribution is 7.10. The lowest BCUT2D eigenvalue weighted by Gasteiger charge is -2.11. The molecule has 6 nitrogen and oxygen atoms in total. The summed E-state index contributed by atoms with van der Waals surface area (Å²) in [7, 11) is 3.78. The van der Waals surface area contributed by atoms with Crippen LogP contribution >= 0.6 is 11.5 Å². The van der Waals surface area contributed by atoms with Crippen LogP contribution in [0.15, 0.2) is 42.6 Å². The molecule has 0 fully saturated rings. The summed E-state index contributed by atoms with van der Waals surface area (Å²) in [5.74, 6) is -0.215. The maximum absolute atomic E-state index is 12.6. The Labute approximate surface area is 156 Å². The predicted octanol–water partition coefficient (Wildman–Crippen LogP) is 3.94. The molecule has 3 rings (SSSR count). The van der Waals surface area contributed by atoms with Crippen molar-refractivity contribution in [2.45, 2.75) is 6.18 Å². The summed E-state index contributed by atoms with van der Waals surface area (Å²) in [5, 5.41) is 2.76. The molecule has 0 radical (unpaired) electrons. The van der Waals surface area contributed by atoms with Crippen molar-refractivity contribution in [1.29, 1.82) is 0 Å². The van der Waals surface area contributed by atoms with Crippen LogP contribution in [0.4, 0.5) is 24.0 Å². The molecule has 27 heavy (non-hydrogen) atoms. The third-order valence-electron chi connectivity index (χ3n) is 3.61. The molecule has 0 aliphatic heterocycles. The van der Waals surface area contributed by atoms with Gasteiger partial charge >= 0.3 is 6.18 Å². The van der Waals surface area contributed by atoms with Crippen molar-refractivity contribution in [3.63, 3.8) is 0 Å². The van der Waals surface area contributed by atoms with Crippen molar-refractivity contribution in [2.75, 3.05) is 24.3 Å². The second-order valence-corrected chi connectivity index (χ2v) is 6.50. The highest BCUT2D eigenvalue weighted by Crippen LogP contribution is 2.29. The van der Waals surface area contributed by atoms with Crippen LogP contribution in [0.1, 0.15) is 15.9 Å². The van der Waals surface area contributed by atoms with Gasteiger partial charge in [-0.15, -0.1) is 0 Å². The Bertz CT molecular complexity index is 954.